The molecule has 0 spiro atoms. The van der Waals surface area contributed by atoms with Crippen LogP contribution in [-0.4, -0.2) is 0 Å². The smallest absolute Gasteiger partial charge is 0.0713 e. The number of hydrogen-bond acceptors (Lipinski definition) is 2. The molecule has 1 aliphatic rings. The molecule has 0 N–H and O–H groups in total. The van der Waals surface area contributed by atoms with E-state index in [0.717, 1.165) is 56.4 Å². The average Bonchev–Trinajstić information content (AvgIpc) is 3.67. The Kier molecular flexibility index (Phi) is 9.80. The second-order valence-electron chi connectivity index (χ2n) is 16.1. The van der Waals surface area contributed by atoms with Crippen LogP contribution in [0.5, 0.6) is 0 Å². The van der Waals surface area contributed by atoms with Crippen LogP contribution in [0.4, 0.5) is 34.1 Å². The molecule has 0 fully saturated rings. The van der Waals surface area contributed by atoms with Crippen LogP contribution in [0.2, 0.25) is 0 Å². The fourth-order valence-electron chi connectivity index (χ4n) is 9.70. The van der Waals surface area contributed by atoms with Gasteiger partial charge in [0.15, 0.2) is 0 Å². The molecule has 0 heterocycles. The first-order chi connectivity index (χ1) is 31.3. The van der Waals surface area contributed by atoms with Gasteiger partial charge in [-0.25, -0.2) is 0 Å². The molecule has 0 atom stereocenters. The Morgan fingerprint density at radius 3 is 0.889 bits per heavy atom. The summed E-state index contributed by atoms with van der Waals surface area (Å²) in [6.07, 6.45) is 0. The first-order valence-corrected chi connectivity index (χ1v) is 21.7. The third kappa shape index (κ3) is 6.79. The molecular formula is C61H44N2. The second kappa shape index (κ2) is 16.3. The maximum atomic E-state index is 2.44. The lowest BCUT2D eigenvalue weighted by Crippen LogP contribution is -2.28. The Balaban J connectivity index is 1.10. The normalized spacial score (nSPS) is 12.3. The molecule has 63 heavy (non-hydrogen) atoms. The van der Waals surface area contributed by atoms with Gasteiger partial charge in [0.2, 0.25) is 0 Å². The first-order valence-electron chi connectivity index (χ1n) is 21.7. The molecule has 10 aromatic rings. The fraction of sp³-hybridized carbons (Fsp3) is 0.0164. The monoisotopic (exact) mass is 804 g/mol. The standard InChI is InChI=1S/C61H44N2/c1-6-20-49(21-7-1)61(59-32-18-16-30-57(59)58-31-17-19-33-60(58)61)50-43-47(45-34-38-55(39-35-45)62(51-22-8-2-9-23-51)52-24-10-3-11-25-52)42-48(44-50)46-36-40-56(41-37-46)63(53-26-12-4-13-27-53)54-28-14-5-15-29-54/h1-44H. The van der Waals surface area contributed by atoms with E-state index in [1.54, 1.807) is 0 Å². The quantitative estimate of drug-likeness (QED) is 0.136. The molecule has 0 aromatic heterocycles. The van der Waals surface area contributed by atoms with Gasteiger partial charge in [-0.2, -0.15) is 0 Å². The summed E-state index contributed by atoms with van der Waals surface area (Å²) in [5.41, 5.74) is 18.4. The molecule has 0 bridgehead atoms. The minimum absolute atomic E-state index is 0.548. The molecule has 298 valence electrons. The molecule has 0 unspecified atom stereocenters. The van der Waals surface area contributed by atoms with E-state index in [2.05, 4.69) is 277 Å². The van der Waals surface area contributed by atoms with E-state index in [4.69, 9.17) is 0 Å². The minimum atomic E-state index is -0.548. The zero-order valence-corrected chi connectivity index (χ0v) is 34.8. The molecule has 0 aliphatic heterocycles. The summed E-state index contributed by atoms with van der Waals surface area (Å²) < 4.78 is 0. The Morgan fingerprint density at radius 1 is 0.222 bits per heavy atom. The third-order valence-corrected chi connectivity index (χ3v) is 12.5. The predicted octanol–water partition coefficient (Wildman–Crippen LogP) is 16.3. The summed E-state index contributed by atoms with van der Waals surface area (Å²) in [4.78, 5) is 4.64. The van der Waals surface area contributed by atoms with Crippen LogP contribution >= 0.6 is 0 Å². The Bertz CT molecular complexity index is 2860. The maximum absolute atomic E-state index is 2.44. The van der Waals surface area contributed by atoms with Gasteiger partial charge in [-0.1, -0.05) is 176 Å². The Labute approximate surface area is 370 Å². The van der Waals surface area contributed by atoms with Crippen LogP contribution in [0.3, 0.4) is 0 Å². The highest BCUT2D eigenvalue weighted by Gasteiger charge is 2.46. The van der Waals surface area contributed by atoms with E-state index >= 15 is 0 Å². The summed E-state index contributed by atoms with van der Waals surface area (Å²) in [5.74, 6) is 0. The lowest BCUT2D eigenvalue weighted by molar-refractivity contribution is 0.769. The highest BCUT2D eigenvalue weighted by atomic mass is 15.1. The highest BCUT2D eigenvalue weighted by molar-refractivity contribution is 5.89. The summed E-state index contributed by atoms with van der Waals surface area (Å²) >= 11 is 0. The number of nitrogens with zero attached hydrogens (tertiary/aromatic N) is 2. The van der Waals surface area contributed by atoms with Gasteiger partial charge in [0.25, 0.3) is 0 Å². The summed E-state index contributed by atoms with van der Waals surface area (Å²) in [6, 6.07) is 96.9. The van der Waals surface area contributed by atoms with Crippen molar-refractivity contribution in [2.75, 3.05) is 9.80 Å². The Hall–Kier alpha value is -8.20. The van der Waals surface area contributed by atoms with Crippen molar-refractivity contribution >= 4 is 34.1 Å². The topological polar surface area (TPSA) is 6.48 Å². The van der Waals surface area contributed by atoms with Crippen LogP contribution in [-0.2, 0) is 5.41 Å². The highest BCUT2D eigenvalue weighted by Crippen LogP contribution is 2.57. The van der Waals surface area contributed by atoms with Crippen molar-refractivity contribution in [3.05, 3.63) is 289 Å². The molecule has 0 amide bonds. The summed E-state index contributed by atoms with van der Waals surface area (Å²) in [5, 5.41) is 0. The molecule has 2 heteroatoms. The molecule has 0 radical (unpaired) electrons. The lowest BCUT2D eigenvalue weighted by Gasteiger charge is -2.34. The van der Waals surface area contributed by atoms with E-state index in [-0.39, 0.29) is 0 Å². The van der Waals surface area contributed by atoms with Gasteiger partial charge in [-0.05, 0) is 147 Å². The maximum Gasteiger partial charge on any atom is 0.0713 e. The van der Waals surface area contributed by atoms with Crippen molar-refractivity contribution in [2.24, 2.45) is 0 Å². The summed E-state index contributed by atoms with van der Waals surface area (Å²) in [6.45, 7) is 0. The van der Waals surface area contributed by atoms with Crippen molar-refractivity contribution in [3.63, 3.8) is 0 Å². The van der Waals surface area contributed by atoms with E-state index in [1.165, 1.54) is 33.4 Å². The zero-order chi connectivity index (χ0) is 42.0. The van der Waals surface area contributed by atoms with Crippen molar-refractivity contribution in [2.45, 2.75) is 5.41 Å². The number of anilines is 6. The van der Waals surface area contributed by atoms with E-state index in [0.29, 0.717) is 0 Å². The predicted molar refractivity (Wildman–Crippen MR) is 264 cm³/mol. The van der Waals surface area contributed by atoms with E-state index in [1.807, 2.05) is 0 Å². The number of para-hydroxylation sites is 4. The molecular weight excluding hydrogens is 761 g/mol. The van der Waals surface area contributed by atoms with Crippen molar-refractivity contribution in [3.8, 4) is 33.4 Å². The van der Waals surface area contributed by atoms with Crippen LogP contribution in [0.15, 0.2) is 267 Å². The van der Waals surface area contributed by atoms with E-state index in [9.17, 15) is 0 Å². The van der Waals surface area contributed by atoms with Crippen LogP contribution in [0.25, 0.3) is 33.4 Å². The largest absolute Gasteiger partial charge is 0.311 e. The lowest BCUT2D eigenvalue weighted by atomic mass is 9.67. The number of rotatable bonds is 10. The van der Waals surface area contributed by atoms with Crippen LogP contribution in [0.1, 0.15) is 22.3 Å². The van der Waals surface area contributed by atoms with E-state index < -0.39 is 5.41 Å². The number of fused-ring (bicyclic) bond motifs is 3. The van der Waals surface area contributed by atoms with Gasteiger partial charge in [-0.3, -0.25) is 0 Å². The molecule has 10 aromatic carbocycles. The molecule has 0 saturated carbocycles. The van der Waals surface area contributed by atoms with Crippen molar-refractivity contribution in [1.29, 1.82) is 0 Å². The van der Waals surface area contributed by atoms with Gasteiger partial charge >= 0.3 is 0 Å². The number of hydrogen-bond donors (Lipinski definition) is 0. The van der Waals surface area contributed by atoms with Crippen LogP contribution < -0.4 is 9.80 Å². The summed E-state index contributed by atoms with van der Waals surface area (Å²) in [7, 11) is 0. The Morgan fingerprint density at radius 2 is 0.524 bits per heavy atom. The van der Waals surface area contributed by atoms with Gasteiger partial charge in [-0.15, -0.1) is 0 Å². The minimum Gasteiger partial charge on any atom is -0.311 e. The number of benzene rings is 10. The fourth-order valence-corrected chi connectivity index (χ4v) is 9.70. The first kappa shape index (κ1) is 37.8. The van der Waals surface area contributed by atoms with Crippen molar-refractivity contribution < 1.29 is 0 Å². The average molecular weight is 805 g/mol. The molecule has 2 nitrogen and oxygen atoms in total. The molecule has 1 aliphatic carbocycles. The zero-order valence-electron chi connectivity index (χ0n) is 34.8. The van der Waals surface area contributed by atoms with Gasteiger partial charge in [0.1, 0.15) is 0 Å². The van der Waals surface area contributed by atoms with Crippen LogP contribution in [0, 0.1) is 0 Å². The second-order valence-corrected chi connectivity index (χ2v) is 16.1. The molecule has 11 rings (SSSR count). The SMILES string of the molecule is c1ccc(N(c2ccccc2)c2ccc(-c3cc(-c4ccc(N(c5ccccc5)c5ccccc5)cc4)cc(C4(c5ccccc5)c5ccccc5-c5ccccc54)c3)cc2)cc1. The van der Waals surface area contributed by atoms with Gasteiger partial charge < -0.3 is 9.80 Å². The van der Waals surface area contributed by atoms with Gasteiger partial charge in [0, 0.05) is 34.1 Å². The third-order valence-electron chi connectivity index (χ3n) is 12.5. The van der Waals surface area contributed by atoms with Gasteiger partial charge in [0.05, 0.1) is 5.41 Å². The van der Waals surface area contributed by atoms with Crippen molar-refractivity contribution in [1.82, 2.24) is 0 Å². The molecule has 0 saturated heterocycles.